The Labute approximate surface area is 190 Å². The first kappa shape index (κ1) is 22.4. The number of methoxy groups -OCH3 is 1. The van der Waals surface area contributed by atoms with Crippen LogP contribution >= 0.6 is 0 Å². The highest BCUT2D eigenvalue weighted by Gasteiger charge is 2.27. The first-order valence-corrected chi connectivity index (χ1v) is 11.4. The third kappa shape index (κ3) is 5.01. The summed E-state index contributed by atoms with van der Waals surface area (Å²) < 4.78 is 56.7. The quantitative estimate of drug-likeness (QED) is 0.542. The Morgan fingerprint density at radius 1 is 1.03 bits per heavy atom. The molecule has 0 saturated heterocycles. The molecule has 4 rings (SSSR count). The maximum atomic E-state index is 13.4. The Bertz CT molecular complexity index is 1250. The van der Waals surface area contributed by atoms with E-state index in [0.717, 1.165) is 22.0 Å². The number of benzene rings is 3. The fourth-order valence-electron chi connectivity index (χ4n) is 3.24. The number of amides is 1. The van der Waals surface area contributed by atoms with Gasteiger partial charge in [-0.1, -0.05) is 6.07 Å². The maximum absolute atomic E-state index is 13.4. The van der Waals surface area contributed by atoms with E-state index < -0.39 is 28.3 Å². The zero-order valence-electron chi connectivity index (χ0n) is 17.7. The number of ether oxygens (including phenoxy) is 3. The topological polar surface area (TPSA) is 94.2 Å². The van der Waals surface area contributed by atoms with Crippen molar-refractivity contribution in [3.8, 4) is 17.2 Å². The van der Waals surface area contributed by atoms with Gasteiger partial charge in [0, 0.05) is 6.54 Å². The fourth-order valence-corrected chi connectivity index (χ4v) is 4.66. The molecule has 0 radical (unpaired) electrons. The molecule has 1 heterocycles. The zero-order chi connectivity index (χ0) is 23.4. The van der Waals surface area contributed by atoms with Crippen molar-refractivity contribution in [3.63, 3.8) is 0 Å². The van der Waals surface area contributed by atoms with E-state index in [-0.39, 0.29) is 23.9 Å². The van der Waals surface area contributed by atoms with Gasteiger partial charge in [0.2, 0.25) is 12.7 Å². The first-order chi connectivity index (χ1) is 15.9. The van der Waals surface area contributed by atoms with E-state index >= 15 is 0 Å². The molecule has 0 aromatic heterocycles. The normalized spacial score (nSPS) is 12.3. The number of carbonyl (C=O) groups excluding carboxylic acids is 1. The number of nitrogens with zero attached hydrogens (tertiary/aromatic N) is 1. The lowest BCUT2D eigenvalue weighted by molar-refractivity contribution is -0.119. The van der Waals surface area contributed by atoms with Gasteiger partial charge in [0.15, 0.2) is 11.5 Å². The lowest BCUT2D eigenvalue weighted by Crippen LogP contribution is -2.40. The highest BCUT2D eigenvalue weighted by Crippen LogP contribution is 2.32. The largest absolute Gasteiger partial charge is 0.497 e. The predicted octanol–water partition coefficient (Wildman–Crippen LogP) is 3.07. The Balaban J connectivity index is 1.54. The minimum atomic E-state index is -4.12. The molecule has 0 bridgehead atoms. The molecule has 0 aliphatic carbocycles. The third-order valence-corrected chi connectivity index (χ3v) is 6.76. The van der Waals surface area contributed by atoms with E-state index in [1.165, 1.54) is 43.5 Å². The Hall–Kier alpha value is -3.79. The number of halogens is 1. The number of sulfonamides is 1. The highest BCUT2D eigenvalue weighted by atomic mass is 32.2. The Morgan fingerprint density at radius 3 is 2.42 bits per heavy atom. The number of fused-ring (bicyclic) bond motifs is 1. The van der Waals surface area contributed by atoms with E-state index in [1.807, 2.05) is 0 Å². The molecule has 0 atom stereocenters. The smallest absolute Gasteiger partial charge is 0.264 e. The summed E-state index contributed by atoms with van der Waals surface area (Å²) in [7, 11) is -2.65. The van der Waals surface area contributed by atoms with E-state index in [0.29, 0.717) is 17.2 Å². The van der Waals surface area contributed by atoms with Gasteiger partial charge in [0.1, 0.15) is 18.1 Å². The molecule has 33 heavy (non-hydrogen) atoms. The van der Waals surface area contributed by atoms with E-state index in [9.17, 15) is 17.6 Å². The van der Waals surface area contributed by atoms with Crippen LogP contribution in [0.2, 0.25) is 0 Å². The Morgan fingerprint density at radius 2 is 1.73 bits per heavy atom. The standard InChI is InChI=1S/C23H21FN2O6S/c1-30-19-7-9-20(10-8-19)33(28,29)26(18-5-3-17(24)4-6-18)14-23(27)25-13-16-2-11-21-22(12-16)32-15-31-21/h2-12H,13-15H2,1H3,(H,25,27). The molecule has 0 spiro atoms. The number of anilines is 1. The molecule has 172 valence electrons. The minimum Gasteiger partial charge on any atom is -0.497 e. The first-order valence-electron chi connectivity index (χ1n) is 9.94. The predicted molar refractivity (Wildman–Crippen MR) is 118 cm³/mol. The van der Waals surface area contributed by atoms with E-state index in [2.05, 4.69) is 5.32 Å². The SMILES string of the molecule is COc1ccc(S(=O)(=O)N(CC(=O)NCc2ccc3c(c2)OCO3)c2ccc(F)cc2)cc1. The van der Waals surface area contributed by atoms with Crippen LogP contribution in [0.15, 0.2) is 71.6 Å². The van der Waals surface area contributed by atoms with Crippen LogP contribution in [0, 0.1) is 5.82 Å². The van der Waals surface area contributed by atoms with Gasteiger partial charge in [-0.15, -0.1) is 0 Å². The summed E-state index contributed by atoms with van der Waals surface area (Å²) in [4.78, 5) is 12.7. The van der Waals surface area contributed by atoms with Gasteiger partial charge in [-0.05, 0) is 66.2 Å². The number of hydrogen-bond donors (Lipinski definition) is 1. The lowest BCUT2D eigenvalue weighted by atomic mass is 10.2. The van der Waals surface area contributed by atoms with Crippen LogP contribution in [-0.2, 0) is 21.4 Å². The maximum Gasteiger partial charge on any atom is 0.264 e. The Kier molecular flexibility index (Phi) is 6.36. The summed E-state index contributed by atoms with van der Waals surface area (Å²) in [6.45, 7) is -0.194. The summed E-state index contributed by atoms with van der Waals surface area (Å²) in [6.07, 6.45) is 0. The molecule has 3 aromatic rings. The van der Waals surface area contributed by atoms with Crippen molar-refractivity contribution >= 4 is 21.6 Å². The second kappa shape index (κ2) is 9.37. The van der Waals surface area contributed by atoms with Gasteiger partial charge < -0.3 is 19.5 Å². The average Bonchev–Trinajstić information content (AvgIpc) is 3.30. The molecule has 8 nitrogen and oxygen atoms in total. The molecule has 1 N–H and O–H groups in total. The molecular weight excluding hydrogens is 451 g/mol. The van der Waals surface area contributed by atoms with Crippen molar-refractivity contribution in [1.29, 1.82) is 0 Å². The third-order valence-electron chi connectivity index (χ3n) is 4.98. The van der Waals surface area contributed by atoms with Crippen LogP contribution in [0.4, 0.5) is 10.1 Å². The summed E-state index contributed by atoms with van der Waals surface area (Å²) >= 11 is 0. The monoisotopic (exact) mass is 472 g/mol. The molecule has 0 saturated carbocycles. The summed E-state index contributed by atoms with van der Waals surface area (Å²) in [5, 5.41) is 2.71. The second-order valence-corrected chi connectivity index (χ2v) is 8.99. The molecular formula is C23H21FN2O6S. The average molecular weight is 472 g/mol. The van der Waals surface area contributed by atoms with Crippen molar-refractivity contribution < 1.29 is 31.8 Å². The fraction of sp³-hybridized carbons (Fsp3) is 0.174. The van der Waals surface area contributed by atoms with E-state index in [4.69, 9.17) is 14.2 Å². The number of carbonyl (C=O) groups is 1. The van der Waals surface area contributed by atoms with Gasteiger partial charge in [0.25, 0.3) is 10.0 Å². The van der Waals surface area contributed by atoms with Crippen LogP contribution in [0.1, 0.15) is 5.56 Å². The number of rotatable bonds is 8. The molecule has 1 aliphatic heterocycles. The minimum absolute atomic E-state index is 0.0313. The number of nitrogens with one attached hydrogen (secondary N) is 1. The van der Waals surface area contributed by atoms with Gasteiger partial charge in [0.05, 0.1) is 17.7 Å². The van der Waals surface area contributed by atoms with Crippen LogP contribution in [-0.4, -0.2) is 34.8 Å². The second-order valence-electron chi connectivity index (χ2n) is 7.13. The van der Waals surface area contributed by atoms with Crippen molar-refractivity contribution in [1.82, 2.24) is 5.32 Å². The van der Waals surface area contributed by atoms with Gasteiger partial charge in [-0.25, -0.2) is 12.8 Å². The summed E-state index contributed by atoms with van der Waals surface area (Å²) in [6, 6.07) is 15.9. The van der Waals surface area contributed by atoms with Crippen LogP contribution in [0.5, 0.6) is 17.2 Å². The van der Waals surface area contributed by atoms with E-state index in [1.54, 1.807) is 18.2 Å². The zero-order valence-corrected chi connectivity index (χ0v) is 18.5. The molecule has 0 unspecified atom stereocenters. The van der Waals surface area contributed by atoms with Gasteiger partial charge in [-0.2, -0.15) is 0 Å². The van der Waals surface area contributed by atoms with Crippen LogP contribution in [0.25, 0.3) is 0 Å². The summed E-state index contributed by atoms with van der Waals surface area (Å²) in [5.74, 6) is 0.639. The van der Waals surface area contributed by atoms with Gasteiger partial charge in [-0.3, -0.25) is 9.10 Å². The molecule has 1 amide bonds. The van der Waals surface area contributed by atoms with Crippen LogP contribution in [0.3, 0.4) is 0 Å². The molecule has 10 heteroatoms. The van der Waals surface area contributed by atoms with Crippen LogP contribution < -0.4 is 23.8 Å². The lowest BCUT2D eigenvalue weighted by Gasteiger charge is -2.24. The molecule has 3 aromatic carbocycles. The van der Waals surface area contributed by atoms with Crippen molar-refractivity contribution in [2.75, 3.05) is 24.8 Å². The molecule has 1 aliphatic rings. The van der Waals surface area contributed by atoms with Gasteiger partial charge >= 0.3 is 0 Å². The van der Waals surface area contributed by atoms with Crippen molar-refractivity contribution in [2.24, 2.45) is 0 Å². The summed E-state index contributed by atoms with van der Waals surface area (Å²) in [5.41, 5.74) is 0.921. The molecule has 0 fully saturated rings. The number of hydrogen-bond acceptors (Lipinski definition) is 6. The van der Waals surface area contributed by atoms with Crippen molar-refractivity contribution in [2.45, 2.75) is 11.4 Å². The highest BCUT2D eigenvalue weighted by molar-refractivity contribution is 7.92. The van der Waals surface area contributed by atoms with Crippen molar-refractivity contribution in [3.05, 3.63) is 78.1 Å².